The highest BCUT2D eigenvalue weighted by molar-refractivity contribution is 6.30. The molecule has 1 amide bonds. The first kappa shape index (κ1) is 16.1. The zero-order chi connectivity index (χ0) is 15.2. The van der Waals surface area contributed by atoms with Crippen LogP contribution in [0.4, 0.5) is 0 Å². The van der Waals surface area contributed by atoms with Gasteiger partial charge in [-0.25, -0.2) is 0 Å². The summed E-state index contributed by atoms with van der Waals surface area (Å²) in [5.41, 5.74) is 0. The molecule has 5 nitrogen and oxygen atoms in total. The van der Waals surface area contributed by atoms with E-state index in [0.29, 0.717) is 37.1 Å². The van der Waals surface area contributed by atoms with Gasteiger partial charge in [0.2, 0.25) is 5.91 Å². The molecule has 1 aliphatic heterocycles. The van der Waals surface area contributed by atoms with Gasteiger partial charge in [-0.2, -0.15) is 0 Å². The van der Waals surface area contributed by atoms with Crippen LogP contribution in [0, 0.1) is 5.92 Å². The van der Waals surface area contributed by atoms with Crippen LogP contribution < -0.4 is 10.1 Å². The van der Waals surface area contributed by atoms with Crippen LogP contribution >= 0.6 is 11.6 Å². The minimum atomic E-state index is -0.119. The van der Waals surface area contributed by atoms with Crippen molar-refractivity contribution in [2.45, 2.75) is 6.04 Å². The fourth-order valence-electron chi connectivity index (χ4n) is 2.33. The molecule has 1 saturated heterocycles. The summed E-state index contributed by atoms with van der Waals surface area (Å²) in [7, 11) is 3.64. The molecule has 1 aromatic rings. The third-order valence-corrected chi connectivity index (χ3v) is 3.87. The summed E-state index contributed by atoms with van der Waals surface area (Å²) in [6.07, 6.45) is 0. The topological polar surface area (TPSA) is 50.8 Å². The Kier molecular flexibility index (Phi) is 5.85. The number of halogens is 1. The van der Waals surface area contributed by atoms with E-state index in [2.05, 4.69) is 5.32 Å². The summed E-state index contributed by atoms with van der Waals surface area (Å²) in [6.45, 7) is 2.02. The molecular weight excluding hydrogens is 292 g/mol. The van der Waals surface area contributed by atoms with E-state index in [9.17, 15) is 4.79 Å². The molecule has 1 heterocycles. The van der Waals surface area contributed by atoms with Gasteiger partial charge in [0.15, 0.2) is 0 Å². The van der Waals surface area contributed by atoms with E-state index >= 15 is 0 Å². The molecule has 0 radical (unpaired) electrons. The van der Waals surface area contributed by atoms with Gasteiger partial charge in [0.05, 0.1) is 25.7 Å². The number of nitrogens with zero attached hydrogens (tertiary/aromatic N) is 1. The zero-order valence-corrected chi connectivity index (χ0v) is 13.1. The highest BCUT2D eigenvalue weighted by atomic mass is 35.5. The van der Waals surface area contributed by atoms with Gasteiger partial charge in [0.1, 0.15) is 12.4 Å². The first-order chi connectivity index (χ1) is 10.1. The quantitative estimate of drug-likeness (QED) is 0.863. The second-order valence-electron chi connectivity index (χ2n) is 5.10. The molecular formula is C15H21ClN2O3. The molecule has 0 aliphatic carbocycles. The van der Waals surface area contributed by atoms with Crippen molar-refractivity contribution in [3.8, 4) is 5.75 Å². The minimum Gasteiger partial charge on any atom is -0.492 e. The maximum atomic E-state index is 12.3. The molecule has 0 bridgehead atoms. The second-order valence-corrected chi connectivity index (χ2v) is 5.54. The molecule has 1 fully saturated rings. The van der Waals surface area contributed by atoms with E-state index in [4.69, 9.17) is 21.1 Å². The number of carbonyl (C=O) groups excluding carboxylic acids is 1. The van der Waals surface area contributed by atoms with Crippen molar-refractivity contribution >= 4 is 17.5 Å². The average molecular weight is 313 g/mol. The molecule has 0 spiro atoms. The number of nitrogens with one attached hydrogen (secondary N) is 1. The van der Waals surface area contributed by atoms with Gasteiger partial charge in [-0.15, -0.1) is 0 Å². The Morgan fingerprint density at radius 1 is 1.52 bits per heavy atom. The van der Waals surface area contributed by atoms with E-state index in [1.54, 1.807) is 24.1 Å². The third-order valence-electron chi connectivity index (χ3n) is 3.64. The fraction of sp³-hybridized carbons (Fsp3) is 0.533. The van der Waals surface area contributed by atoms with Crippen LogP contribution in [0.1, 0.15) is 0 Å². The Hall–Kier alpha value is -1.30. The standard InChI is InChI=1S/C15H21ClN2O3/c1-17-14-10-20-9-13(14)15(19)18(2)6-7-21-12-5-3-4-11(16)8-12/h3-5,8,13-14,17H,6-7,9-10H2,1-2H3. The van der Waals surface area contributed by atoms with Crippen molar-refractivity contribution in [2.24, 2.45) is 5.92 Å². The van der Waals surface area contributed by atoms with Crippen LogP contribution in [0.25, 0.3) is 0 Å². The van der Waals surface area contributed by atoms with E-state index in [-0.39, 0.29) is 17.9 Å². The van der Waals surface area contributed by atoms with Crippen molar-refractivity contribution in [2.75, 3.05) is 40.5 Å². The number of hydrogen-bond acceptors (Lipinski definition) is 4. The Balaban J connectivity index is 1.79. The zero-order valence-electron chi connectivity index (χ0n) is 12.3. The van der Waals surface area contributed by atoms with Gasteiger partial charge in [0, 0.05) is 18.1 Å². The summed E-state index contributed by atoms with van der Waals surface area (Å²) < 4.78 is 11.0. The number of hydrogen-bond donors (Lipinski definition) is 1. The second kappa shape index (κ2) is 7.64. The van der Waals surface area contributed by atoms with Gasteiger partial charge < -0.3 is 19.7 Å². The normalized spacial score (nSPS) is 21.3. The molecule has 1 aliphatic rings. The SMILES string of the molecule is CNC1COCC1C(=O)N(C)CCOc1cccc(Cl)c1. The van der Waals surface area contributed by atoms with Crippen LogP contribution in [0.15, 0.2) is 24.3 Å². The molecule has 1 aromatic carbocycles. The molecule has 2 rings (SSSR count). The largest absolute Gasteiger partial charge is 0.492 e. The number of rotatable bonds is 6. The summed E-state index contributed by atoms with van der Waals surface area (Å²) in [4.78, 5) is 14.0. The summed E-state index contributed by atoms with van der Waals surface area (Å²) in [6, 6.07) is 7.32. The lowest BCUT2D eigenvalue weighted by Crippen LogP contribution is -2.44. The van der Waals surface area contributed by atoms with Crippen molar-refractivity contribution in [1.29, 1.82) is 0 Å². The van der Waals surface area contributed by atoms with Crippen molar-refractivity contribution < 1.29 is 14.3 Å². The molecule has 1 N–H and O–H groups in total. The third kappa shape index (κ3) is 4.33. The summed E-state index contributed by atoms with van der Waals surface area (Å²) in [5, 5.41) is 3.76. The first-order valence-corrected chi connectivity index (χ1v) is 7.38. The van der Waals surface area contributed by atoms with Gasteiger partial charge >= 0.3 is 0 Å². The molecule has 21 heavy (non-hydrogen) atoms. The van der Waals surface area contributed by atoms with Crippen LogP contribution in [0.2, 0.25) is 5.02 Å². The van der Waals surface area contributed by atoms with Crippen molar-refractivity contribution in [3.05, 3.63) is 29.3 Å². The van der Waals surface area contributed by atoms with Gasteiger partial charge in [-0.05, 0) is 25.2 Å². The summed E-state index contributed by atoms with van der Waals surface area (Å²) in [5.74, 6) is 0.674. The van der Waals surface area contributed by atoms with E-state index in [1.807, 2.05) is 19.2 Å². The predicted octanol–water partition coefficient (Wildman–Crippen LogP) is 1.41. The van der Waals surface area contributed by atoms with Crippen LogP contribution in [0.3, 0.4) is 0 Å². The van der Waals surface area contributed by atoms with E-state index < -0.39 is 0 Å². The van der Waals surface area contributed by atoms with Crippen LogP contribution in [-0.2, 0) is 9.53 Å². The highest BCUT2D eigenvalue weighted by Gasteiger charge is 2.34. The van der Waals surface area contributed by atoms with E-state index in [1.165, 1.54) is 0 Å². The number of carbonyl (C=O) groups is 1. The lowest BCUT2D eigenvalue weighted by atomic mass is 10.0. The smallest absolute Gasteiger partial charge is 0.229 e. The Labute approximate surface area is 130 Å². The number of ether oxygens (including phenoxy) is 2. The number of amides is 1. The maximum absolute atomic E-state index is 12.3. The van der Waals surface area contributed by atoms with E-state index in [0.717, 1.165) is 0 Å². The van der Waals surface area contributed by atoms with Crippen LogP contribution in [-0.4, -0.2) is 57.3 Å². The molecule has 2 atom stereocenters. The molecule has 2 unspecified atom stereocenters. The molecule has 0 saturated carbocycles. The van der Waals surface area contributed by atoms with Gasteiger partial charge in [0.25, 0.3) is 0 Å². The van der Waals surface area contributed by atoms with Crippen LogP contribution in [0.5, 0.6) is 5.75 Å². The fourth-order valence-corrected chi connectivity index (χ4v) is 2.51. The average Bonchev–Trinajstić information content (AvgIpc) is 2.94. The van der Waals surface area contributed by atoms with Gasteiger partial charge in [-0.3, -0.25) is 4.79 Å². The Morgan fingerprint density at radius 3 is 3.05 bits per heavy atom. The van der Waals surface area contributed by atoms with Crippen molar-refractivity contribution in [3.63, 3.8) is 0 Å². The Bertz CT molecular complexity index is 484. The molecule has 0 aromatic heterocycles. The number of likely N-dealkylation sites (N-methyl/N-ethyl adjacent to an activating group) is 2. The minimum absolute atomic E-state index is 0.0848. The van der Waals surface area contributed by atoms with Gasteiger partial charge in [-0.1, -0.05) is 17.7 Å². The lowest BCUT2D eigenvalue weighted by molar-refractivity contribution is -0.134. The first-order valence-electron chi connectivity index (χ1n) is 7.00. The van der Waals surface area contributed by atoms with Crippen molar-refractivity contribution in [1.82, 2.24) is 10.2 Å². The highest BCUT2D eigenvalue weighted by Crippen LogP contribution is 2.18. The summed E-state index contributed by atoms with van der Waals surface area (Å²) >= 11 is 5.89. The predicted molar refractivity (Wildman–Crippen MR) is 81.7 cm³/mol. The Morgan fingerprint density at radius 2 is 2.33 bits per heavy atom. The monoisotopic (exact) mass is 312 g/mol. The lowest BCUT2D eigenvalue weighted by Gasteiger charge is -2.23. The number of benzene rings is 1. The maximum Gasteiger partial charge on any atom is 0.229 e. The molecule has 6 heteroatoms. The molecule has 116 valence electrons.